The lowest BCUT2D eigenvalue weighted by molar-refractivity contribution is 0.00421. The Balaban J connectivity index is 2.46. The molecule has 1 fully saturated rings. The Morgan fingerprint density at radius 2 is 1.87 bits per heavy atom. The van der Waals surface area contributed by atoms with Crippen molar-refractivity contribution in [2.24, 2.45) is 5.92 Å². The number of aliphatic hydroxyl groups is 1. The third kappa shape index (κ3) is 3.44. The van der Waals surface area contributed by atoms with Crippen molar-refractivity contribution in [3.63, 3.8) is 0 Å². The third-order valence-electron chi connectivity index (χ3n) is 3.61. The monoisotopic (exact) mass is 214 g/mol. The second kappa shape index (κ2) is 4.81. The van der Waals surface area contributed by atoms with Crippen LogP contribution in [0.15, 0.2) is 0 Å². The van der Waals surface area contributed by atoms with E-state index < -0.39 is 0 Å². The highest BCUT2D eigenvalue weighted by atomic mass is 16.3. The van der Waals surface area contributed by atoms with Gasteiger partial charge in [0, 0.05) is 31.7 Å². The van der Waals surface area contributed by atoms with Crippen LogP contribution < -0.4 is 0 Å². The number of β-amino-alcohol motifs (C(OH)–C–C–N with tert-alkyl or cyclic N) is 1. The van der Waals surface area contributed by atoms with Gasteiger partial charge in [0.05, 0.1) is 6.10 Å². The van der Waals surface area contributed by atoms with E-state index in [0.29, 0.717) is 5.92 Å². The molecule has 1 aliphatic rings. The number of piperazine rings is 1. The van der Waals surface area contributed by atoms with Crippen LogP contribution >= 0.6 is 0 Å². The molecule has 1 aliphatic heterocycles. The van der Waals surface area contributed by atoms with E-state index in [1.807, 2.05) is 0 Å². The lowest BCUT2D eigenvalue weighted by atomic mass is 9.98. The summed E-state index contributed by atoms with van der Waals surface area (Å²) >= 11 is 0. The number of nitrogens with zero attached hydrogens (tertiary/aromatic N) is 2. The number of hydrogen-bond donors (Lipinski definition) is 1. The Bertz CT molecular complexity index is 204. The number of hydrogen-bond acceptors (Lipinski definition) is 3. The lowest BCUT2D eigenvalue weighted by Crippen LogP contribution is -2.58. The molecule has 1 rings (SSSR count). The van der Waals surface area contributed by atoms with Gasteiger partial charge in [0.15, 0.2) is 0 Å². The molecule has 0 bridgehead atoms. The highest BCUT2D eigenvalue weighted by Crippen LogP contribution is 2.19. The van der Waals surface area contributed by atoms with Crippen LogP contribution in [0.25, 0.3) is 0 Å². The summed E-state index contributed by atoms with van der Waals surface area (Å²) in [6.07, 6.45) is -0.191. The molecule has 3 heteroatoms. The second-order valence-corrected chi connectivity index (χ2v) is 5.78. The van der Waals surface area contributed by atoms with E-state index in [1.165, 1.54) is 0 Å². The third-order valence-corrected chi connectivity index (χ3v) is 3.61. The van der Waals surface area contributed by atoms with Crippen molar-refractivity contribution in [2.75, 3.05) is 33.2 Å². The van der Waals surface area contributed by atoms with Crippen LogP contribution in [0.5, 0.6) is 0 Å². The van der Waals surface area contributed by atoms with Crippen LogP contribution in [-0.2, 0) is 0 Å². The minimum Gasteiger partial charge on any atom is -0.392 e. The first kappa shape index (κ1) is 12.9. The number of likely N-dealkylation sites (N-methyl/N-ethyl adjacent to an activating group) is 1. The standard InChI is InChI=1S/C12H26N2O/c1-10(2)11(15)8-14-7-6-13(5)12(3,4)9-14/h10-11,15H,6-9H2,1-5H3. The van der Waals surface area contributed by atoms with Gasteiger partial charge in [-0.1, -0.05) is 13.8 Å². The first-order chi connectivity index (χ1) is 6.83. The molecule has 0 amide bonds. The molecule has 0 saturated carbocycles. The van der Waals surface area contributed by atoms with Gasteiger partial charge in [-0.3, -0.25) is 9.80 Å². The summed E-state index contributed by atoms with van der Waals surface area (Å²) < 4.78 is 0. The maximum atomic E-state index is 9.86. The largest absolute Gasteiger partial charge is 0.392 e. The van der Waals surface area contributed by atoms with Crippen LogP contribution in [0.2, 0.25) is 0 Å². The van der Waals surface area contributed by atoms with Gasteiger partial charge in [0.25, 0.3) is 0 Å². The van der Waals surface area contributed by atoms with Crippen LogP contribution in [0.1, 0.15) is 27.7 Å². The van der Waals surface area contributed by atoms with E-state index in [0.717, 1.165) is 26.2 Å². The Kier molecular flexibility index (Phi) is 4.15. The van der Waals surface area contributed by atoms with Crippen LogP contribution in [0.4, 0.5) is 0 Å². The minimum atomic E-state index is -0.191. The van der Waals surface area contributed by atoms with Crippen molar-refractivity contribution in [3.8, 4) is 0 Å². The van der Waals surface area contributed by atoms with Crippen molar-refractivity contribution >= 4 is 0 Å². The van der Waals surface area contributed by atoms with Crippen molar-refractivity contribution in [3.05, 3.63) is 0 Å². The SMILES string of the molecule is CC(C)C(O)CN1CCN(C)C(C)(C)C1. The summed E-state index contributed by atoms with van der Waals surface area (Å²) in [6.45, 7) is 12.7. The van der Waals surface area contributed by atoms with Gasteiger partial charge in [-0.2, -0.15) is 0 Å². The highest BCUT2D eigenvalue weighted by Gasteiger charge is 2.31. The molecular formula is C12H26N2O. The molecule has 1 saturated heterocycles. The summed E-state index contributed by atoms with van der Waals surface area (Å²) in [5.74, 6) is 0.354. The van der Waals surface area contributed by atoms with Gasteiger partial charge in [-0.15, -0.1) is 0 Å². The molecule has 0 aromatic carbocycles. The summed E-state index contributed by atoms with van der Waals surface area (Å²) in [6, 6.07) is 0. The van der Waals surface area contributed by atoms with Crippen LogP contribution in [0.3, 0.4) is 0 Å². The Morgan fingerprint density at radius 3 is 2.33 bits per heavy atom. The smallest absolute Gasteiger partial charge is 0.0689 e. The molecular weight excluding hydrogens is 188 g/mol. The highest BCUT2D eigenvalue weighted by molar-refractivity contribution is 4.88. The molecule has 1 heterocycles. The molecule has 15 heavy (non-hydrogen) atoms. The van der Waals surface area contributed by atoms with Gasteiger partial charge >= 0.3 is 0 Å². The zero-order valence-electron chi connectivity index (χ0n) is 10.8. The predicted octanol–water partition coefficient (Wildman–Crippen LogP) is 1.03. The molecule has 0 radical (unpaired) electrons. The van der Waals surface area contributed by atoms with Crippen molar-refractivity contribution in [2.45, 2.75) is 39.3 Å². The van der Waals surface area contributed by atoms with E-state index in [2.05, 4.69) is 44.5 Å². The molecule has 0 spiro atoms. The quantitative estimate of drug-likeness (QED) is 0.760. The van der Waals surface area contributed by atoms with Gasteiger partial charge in [0.1, 0.15) is 0 Å². The number of aliphatic hydroxyl groups excluding tert-OH is 1. The molecule has 1 unspecified atom stereocenters. The molecule has 0 aromatic heterocycles. The molecule has 1 N–H and O–H groups in total. The van der Waals surface area contributed by atoms with E-state index in [9.17, 15) is 5.11 Å². The van der Waals surface area contributed by atoms with Gasteiger partial charge in [-0.05, 0) is 26.8 Å². The maximum absolute atomic E-state index is 9.86. The molecule has 0 aromatic rings. The number of rotatable bonds is 3. The molecule has 90 valence electrons. The molecule has 0 aliphatic carbocycles. The molecule has 3 nitrogen and oxygen atoms in total. The normalized spacial score (nSPS) is 25.8. The van der Waals surface area contributed by atoms with E-state index in [-0.39, 0.29) is 11.6 Å². The topological polar surface area (TPSA) is 26.7 Å². The first-order valence-electron chi connectivity index (χ1n) is 5.94. The summed E-state index contributed by atoms with van der Waals surface area (Å²) in [5.41, 5.74) is 0.231. The lowest BCUT2D eigenvalue weighted by Gasteiger charge is -2.46. The maximum Gasteiger partial charge on any atom is 0.0689 e. The minimum absolute atomic E-state index is 0.191. The zero-order valence-corrected chi connectivity index (χ0v) is 10.8. The van der Waals surface area contributed by atoms with E-state index in [1.54, 1.807) is 0 Å². The Hall–Kier alpha value is -0.120. The van der Waals surface area contributed by atoms with Crippen molar-refractivity contribution < 1.29 is 5.11 Å². The first-order valence-corrected chi connectivity index (χ1v) is 5.94. The Labute approximate surface area is 94.1 Å². The molecule has 1 atom stereocenters. The Morgan fingerprint density at radius 1 is 1.27 bits per heavy atom. The van der Waals surface area contributed by atoms with Crippen LogP contribution in [-0.4, -0.2) is 59.8 Å². The fourth-order valence-electron chi connectivity index (χ4n) is 1.97. The van der Waals surface area contributed by atoms with Gasteiger partial charge in [-0.25, -0.2) is 0 Å². The fourth-order valence-corrected chi connectivity index (χ4v) is 1.97. The van der Waals surface area contributed by atoms with Gasteiger partial charge < -0.3 is 5.11 Å². The average Bonchev–Trinajstić information content (AvgIpc) is 2.10. The van der Waals surface area contributed by atoms with Crippen molar-refractivity contribution in [1.82, 2.24) is 9.80 Å². The fraction of sp³-hybridized carbons (Fsp3) is 1.00. The summed E-state index contributed by atoms with van der Waals surface area (Å²) in [5, 5.41) is 9.86. The predicted molar refractivity (Wildman–Crippen MR) is 64.0 cm³/mol. The van der Waals surface area contributed by atoms with Gasteiger partial charge in [0.2, 0.25) is 0 Å². The average molecular weight is 214 g/mol. The summed E-state index contributed by atoms with van der Waals surface area (Å²) in [4.78, 5) is 4.77. The zero-order chi connectivity index (χ0) is 11.6. The van der Waals surface area contributed by atoms with E-state index >= 15 is 0 Å². The summed E-state index contributed by atoms with van der Waals surface area (Å²) in [7, 11) is 2.18. The second-order valence-electron chi connectivity index (χ2n) is 5.78. The van der Waals surface area contributed by atoms with Crippen molar-refractivity contribution in [1.29, 1.82) is 0 Å². The van der Waals surface area contributed by atoms with E-state index in [4.69, 9.17) is 0 Å². The van der Waals surface area contributed by atoms with Crippen LogP contribution in [0, 0.1) is 5.92 Å².